The molecule has 1 N–H and O–H groups in total. The molecule has 0 saturated carbocycles. The number of nitrogens with zero attached hydrogens (tertiary/aromatic N) is 1. The maximum Gasteiger partial charge on any atom is 0.233 e. The monoisotopic (exact) mass is 308 g/mol. The van der Waals surface area contributed by atoms with Crippen LogP contribution in [0.3, 0.4) is 0 Å². The number of hydrogen-bond donors (Lipinski definition) is 1. The Kier molecular flexibility index (Phi) is 4.30. The number of nitrogens with one attached hydrogen (secondary N) is 1. The van der Waals surface area contributed by atoms with Crippen LogP contribution in [-0.4, -0.2) is 10.9 Å². The van der Waals surface area contributed by atoms with Crippen LogP contribution in [0.5, 0.6) is 0 Å². The first-order valence-electron chi connectivity index (χ1n) is 7.11. The molecule has 110 valence electrons. The van der Waals surface area contributed by atoms with Crippen LogP contribution in [0.2, 0.25) is 0 Å². The highest BCUT2D eigenvalue weighted by atomic mass is 32.1. The molecule has 2 aromatic carbocycles. The minimum Gasteiger partial charge on any atom is -0.301 e. The molecule has 0 aliphatic rings. The molecule has 1 heterocycles. The van der Waals surface area contributed by atoms with E-state index in [9.17, 15) is 4.79 Å². The number of rotatable bonds is 4. The lowest BCUT2D eigenvalue weighted by atomic mass is 10.0. The molecule has 0 radical (unpaired) electrons. The summed E-state index contributed by atoms with van der Waals surface area (Å²) in [5.74, 6) is -0.245. The number of carbonyl (C=O) groups is 1. The Hall–Kier alpha value is -2.46. The number of thiazole rings is 1. The van der Waals surface area contributed by atoms with E-state index in [0.717, 1.165) is 16.8 Å². The first-order valence-corrected chi connectivity index (χ1v) is 7.99. The number of benzene rings is 2. The fourth-order valence-corrected chi connectivity index (χ4v) is 2.90. The van der Waals surface area contributed by atoms with Gasteiger partial charge < -0.3 is 5.32 Å². The smallest absolute Gasteiger partial charge is 0.233 e. The van der Waals surface area contributed by atoms with Crippen LogP contribution in [0.15, 0.2) is 66.0 Å². The normalized spacial score (nSPS) is 11.9. The van der Waals surface area contributed by atoms with Gasteiger partial charge in [0.2, 0.25) is 5.91 Å². The zero-order valence-corrected chi connectivity index (χ0v) is 13.0. The van der Waals surface area contributed by atoms with Gasteiger partial charge in [0, 0.05) is 10.9 Å². The molecule has 22 heavy (non-hydrogen) atoms. The molecule has 3 rings (SSSR count). The molecular weight excluding hydrogens is 292 g/mol. The Balaban J connectivity index is 1.71. The Morgan fingerprint density at radius 2 is 1.68 bits per heavy atom. The van der Waals surface area contributed by atoms with Crippen LogP contribution in [-0.2, 0) is 4.79 Å². The van der Waals surface area contributed by atoms with E-state index < -0.39 is 0 Å². The van der Waals surface area contributed by atoms with Gasteiger partial charge in [0.25, 0.3) is 0 Å². The lowest BCUT2D eigenvalue weighted by Gasteiger charge is -2.10. The molecular formula is C18H16N2OS. The highest BCUT2D eigenvalue weighted by Gasteiger charge is 2.16. The minimum atomic E-state index is -0.203. The van der Waals surface area contributed by atoms with Crippen LogP contribution in [0.4, 0.5) is 5.13 Å². The fourth-order valence-electron chi connectivity index (χ4n) is 2.18. The van der Waals surface area contributed by atoms with Crippen LogP contribution in [0.25, 0.3) is 11.3 Å². The van der Waals surface area contributed by atoms with E-state index >= 15 is 0 Å². The van der Waals surface area contributed by atoms with E-state index in [1.165, 1.54) is 11.3 Å². The minimum absolute atomic E-state index is 0.0415. The first-order chi connectivity index (χ1) is 10.7. The molecule has 4 heteroatoms. The SMILES string of the molecule is CC(C(=O)Nc1nc(-c2ccccc2)cs1)c1ccccc1. The van der Waals surface area contributed by atoms with Crippen molar-refractivity contribution >= 4 is 22.4 Å². The molecule has 0 spiro atoms. The molecule has 3 aromatic rings. The lowest BCUT2D eigenvalue weighted by molar-refractivity contribution is -0.117. The molecule has 1 amide bonds. The van der Waals surface area contributed by atoms with Crippen LogP contribution < -0.4 is 5.32 Å². The highest BCUT2D eigenvalue weighted by Crippen LogP contribution is 2.25. The number of carbonyl (C=O) groups excluding carboxylic acids is 1. The van der Waals surface area contributed by atoms with Gasteiger partial charge in [-0.3, -0.25) is 4.79 Å². The van der Waals surface area contributed by atoms with Crippen molar-refractivity contribution in [1.29, 1.82) is 0 Å². The highest BCUT2D eigenvalue weighted by molar-refractivity contribution is 7.14. The summed E-state index contributed by atoms with van der Waals surface area (Å²) in [5.41, 5.74) is 2.93. The van der Waals surface area contributed by atoms with Gasteiger partial charge in [-0.1, -0.05) is 60.7 Å². The summed E-state index contributed by atoms with van der Waals surface area (Å²) < 4.78 is 0. The van der Waals surface area contributed by atoms with Gasteiger partial charge in [-0.2, -0.15) is 0 Å². The van der Waals surface area contributed by atoms with E-state index in [1.54, 1.807) is 0 Å². The quantitative estimate of drug-likeness (QED) is 0.768. The van der Waals surface area contributed by atoms with E-state index in [-0.39, 0.29) is 11.8 Å². The third-order valence-corrected chi connectivity index (χ3v) is 4.25. The maximum absolute atomic E-state index is 12.3. The summed E-state index contributed by atoms with van der Waals surface area (Å²) in [6, 6.07) is 19.7. The van der Waals surface area contributed by atoms with Gasteiger partial charge in [0.15, 0.2) is 5.13 Å². The van der Waals surface area contributed by atoms with Gasteiger partial charge in [-0.15, -0.1) is 11.3 Å². The van der Waals surface area contributed by atoms with Gasteiger partial charge in [-0.05, 0) is 12.5 Å². The molecule has 0 saturated heterocycles. The molecule has 0 aliphatic carbocycles. The predicted molar refractivity (Wildman–Crippen MR) is 91.0 cm³/mol. The number of amides is 1. The third kappa shape index (κ3) is 3.23. The van der Waals surface area contributed by atoms with Gasteiger partial charge in [-0.25, -0.2) is 4.98 Å². The van der Waals surface area contributed by atoms with Gasteiger partial charge >= 0.3 is 0 Å². The summed E-state index contributed by atoms with van der Waals surface area (Å²) in [7, 11) is 0. The standard InChI is InChI=1S/C18H16N2OS/c1-13(14-8-4-2-5-9-14)17(21)20-18-19-16(12-22-18)15-10-6-3-7-11-15/h2-13H,1H3,(H,19,20,21). The van der Waals surface area contributed by atoms with Crippen molar-refractivity contribution in [3.8, 4) is 11.3 Å². The predicted octanol–water partition coefficient (Wildman–Crippen LogP) is 4.55. The topological polar surface area (TPSA) is 42.0 Å². The Morgan fingerprint density at radius 3 is 2.36 bits per heavy atom. The van der Waals surface area contributed by atoms with E-state index in [4.69, 9.17) is 0 Å². The summed E-state index contributed by atoms with van der Waals surface area (Å²) in [6.45, 7) is 1.90. The second-order valence-corrected chi connectivity index (χ2v) is 5.88. The average Bonchev–Trinajstić information content (AvgIpc) is 3.04. The van der Waals surface area contributed by atoms with Crippen molar-refractivity contribution in [2.24, 2.45) is 0 Å². The van der Waals surface area contributed by atoms with Crippen LogP contribution in [0, 0.1) is 0 Å². The van der Waals surface area contributed by atoms with E-state index in [0.29, 0.717) is 5.13 Å². The number of hydrogen-bond acceptors (Lipinski definition) is 3. The molecule has 1 aromatic heterocycles. The van der Waals surface area contributed by atoms with Gasteiger partial charge in [0.1, 0.15) is 0 Å². The molecule has 0 aliphatic heterocycles. The third-order valence-electron chi connectivity index (χ3n) is 3.50. The molecule has 1 atom stereocenters. The van der Waals surface area contributed by atoms with Crippen molar-refractivity contribution < 1.29 is 4.79 Å². The first kappa shape index (κ1) is 14.5. The Labute approximate surface area is 133 Å². The lowest BCUT2D eigenvalue weighted by Crippen LogP contribution is -2.18. The summed E-state index contributed by atoms with van der Waals surface area (Å²) in [5, 5.41) is 5.49. The average molecular weight is 308 g/mol. The number of aromatic nitrogens is 1. The van der Waals surface area contributed by atoms with E-state index in [1.807, 2.05) is 73.0 Å². The second kappa shape index (κ2) is 6.54. The Morgan fingerprint density at radius 1 is 1.05 bits per heavy atom. The summed E-state index contributed by atoms with van der Waals surface area (Å²) in [4.78, 5) is 16.8. The maximum atomic E-state index is 12.3. The van der Waals surface area contributed by atoms with Crippen LogP contribution in [0.1, 0.15) is 18.4 Å². The summed E-state index contributed by atoms with van der Waals surface area (Å²) >= 11 is 1.44. The van der Waals surface area contributed by atoms with Crippen molar-refractivity contribution in [1.82, 2.24) is 4.98 Å². The molecule has 1 unspecified atom stereocenters. The Bertz CT molecular complexity index is 753. The molecule has 3 nitrogen and oxygen atoms in total. The second-order valence-electron chi connectivity index (χ2n) is 5.03. The zero-order chi connectivity index (χ0) is 15.4. The van der Waals surface area contributed by atoms with Crippen molar-refractivity contribution in [2.45, 2.75) is 12.8 Å². The summed E-state index contributed by atoms with van der Waals surface area (Å²) in [6.07, 6.45) is 0. The van der Waals surface area contributed by atoms with Crippen LogP contribution >= 0.6 is 11.3 Å². The molecule has 0 fully saturated rings. The zero-order valence-electron chi connectivity index (χ0n) is 12.2. The van der Waals surface area contributed by atoms with E-state index in [2.05, 4.69) is 10.3 Å². The van der Waals surface area contributed by atoms with Crippen molar-refractivity contribution in [2.75, 3.05) is 5.32 Å². The number of anilines is 1. The van der Waals surface area contributed by atoms with Crippen molar-refractivity contribution in [3.63, 3.8) is 0 Å². The van der Waals surface area contributed by atoms with Gasteiger partial charge in [0.05, 0.1) is 11.6 Å². The fraction of sp³-hybridized carbons (Fsp3) is 0.111. The molecule has 0 bridgehead atoms. The largest absolute Gasteiger partial charge is 0.301 e. The van der Waals surface area contributed by atoms with Crippen molar-refractivity contribution in [3.05, 3.63) is 71.6 Å².